The summed E-state index contributed by atoms with van der Waals surface area (Å²) < 4.78 is 10.2. The molecule has 0 saturated heterocycles. The molecule has 0 amide bonds. The van der Waals surface area contributed by atoms with Gasteiger partial charge in [-0.2, -0.15) is 0 Å². The van der Waals surface area contributed by atoms with E-state index in [1.807, 2.05) is 0 Å². The van der Waals surface area contributed by atoms with Crippen molar-refractivity contribution >= 4 is 30.1 Å². The van der Waals surface area contributed by atoms with Gasteiger partial charge in [-0.1, -0.05) is 12.1 Å². The number of benzene rings is 2. The van der Waals surface area contributed by atoms with Crippen molar-refractivity contribution in [1.82, 2.24) is 0 Å². The maximum Gasteiger partial charge on any atom is 0.335 e. The molecule has 7 N–H and O–H groups in total. The van der Waals surface area contributed by atoms with Crippen LogP contribution >= 0.6 is 0 Å². The SMILES string of the molecule is O=C(/C=C/c1ccc(O)c(O)c1)O[C@H]1CC(O)(C(=O)O)C[C@@H](OC(=O)/C=C/c2ccc(O)c(O)c2)C1O. The highest BCUT2D eigenvalue weighted by Crippen LogP contribution is 2.33. The number of carbonyl (C=O) groups excluding carboxylic acids is 2. The van der Waals surface area contributed by atoms with Gasteiger partial charge in [-0.3, -0.25) is 0 Å². The van der Waals surface area contributed by atoms with E-state index in [9.17, 15) is 50.1 Å². The van der Waals surface area contributed by atoms with E-state index in [1.54, 1.807) is 0 Å². The molecule has 0 aromatic heterocycles. The minimum atomic E-state index is -2.48. The number of phenols is 4. The normalized spacial score (nSPS) is 23.7. The van der Waals surface area contributed by atoms with Gasteiger partial charge in [0.05, 0.1) is 0 Å². The lowest BCUT2D eigenvalue weighted by molar-refractivity contribution is -0.203. The van der Waals surface area contributed by atoms with Crippen LogP contribution in [0.1, 0.15) is 24.0 Å². The third kappa shape index (κ3) is 6.78. The summed E-state index contributed by atoms with van der Waals surface area (Å²) in [5.74, 6) is -5.31. The number of phenolic OH excluding ortho intramolecular Hbond substituents is 4. The van der Waals surface area contributed by atoms with Crippen molar-refractivity contribution in [2.24, 2.45) is 0 Å². The third-order valence-electron chi connectivity index (χ3n) is 5.60. The first-order valence-corrected chi connectivity index (χ1v) is 10.8. The first-order valence-electron chi connectivity index (χ1n) is 10.8. The number of carboxylic acids is 1. The number of carbonyl (C=O) groups is 3. The van der Waals surface area contributed by atoms with Gasteiger partial charge in [0.15, 0.2) is 28.6 Å². The van der Waals surface area contributed by atoms with Crippen molar-refractivity contribution in [1.29, 1.82) is 0 Å². The molecular weight excluding hydrogens is 492 g/mol. The van der Waals surface area contributed by atoms with Gasteiger partial charge in [-0.25, -0.2) is 14.4 Å². The molecule has 2 aromatic rings. The largest absolute Gasteiger partial charge is 0.504 e. The van der Waals surface area contributed by atoms with Gasteiger partial charge in [0.25, 0.3) is 0 Å². The molecule has 0 spiro atoms. The zero-order chi connectivity index (χ0) is 27.3. The van der Waals surface area contributed by atoms with Gasteiger partial charge < -0.3 is 45.2 Å². The second-order valence-corrected chi connectivity index (χ2v) is 8.35. The molecule has 0 aliphatic heterocycles. The van der Waals surface area contributed by atoms with Gasteiger partial charge in [0.2, 0.25) is 0 Å². The predicted octanol–water partition coefficient (Wildman–Crippen LogP) is 1.03. The average molecular weight is 516 g/mol. The lowest BCUT2D eigenvalue weighted by Crippen LogP contribution is -2.58. The fraction of sp³-hybridized carbons (Fsp3) is 0.240. The Balaban J connectivity index is 1.71. The Morgan fingerprint density at radius 2 is 1.16 bits per heavy atom. The first kappa shape index (κ1) is 27.0. The molecular formula is C25H24O12. The molecule has 1 fully saturated rings. The highest BCUT2D eigenvalue weighted by molar-refractivity contribution is 5.88. The van der Waals surface area contributed by atoms with Crippen LogP contribution in [0.15, 0.2) is 48.6 Å². The minimum absolute atomic E-state index is 0.319. The Bertz CT molecular complexity index is 1160. The number of aromatic hydroxyl groups is 4. The van der Waals surface area contributed by atoms with Crippen LogP contribution in [0, 0.1) is 0 Å². The maximum absolute atomic E-state index is 12.3. The van der Waals surface area contributed by atoms with Crippen LogP contribution in [0.25, 0.3) is 12.2 Å². The molecule has 1 aliphatic carbocycles. The van der Waals surface area contributed by atoms with E-state index in [2.05, 4.69) is 0 Å². The van der Waals surface area contributed by atoms with Gasteiger partial charge in [-0.15, -0.1) is 0 Å². The summed E-state index contributed by atoms with van der Waals surface area (Å²) in [5, 5.41) is 68.3. The lowest BCUT2D eigenvalue weighted by atomic mass is 9.79. The summed E-state index contributed by atoms with van der Waals surface area (Å²) in [7, 11) is 0. The van der Waals surface area contributed by atoms with Crippen molar-refractivity contribution in [3.63, 3.8) is 0 Å². The molecule has 0 heterocycles. The lowest BCUT2D eigenvalue weighted by Gasteiger charge is -2.40. The van der Waals surface area contributed by atoms with Crippen LogP contribution in [0.4, 0.5) is 0 Å². The molecule has 1 aliphatic rings. The van der Waals surface area contributed by atoms with Crippen LogP contribution in [0.3, 0.4) is 0 Å². The molecule has 3 rings (SSSR count). The first-order chi connectivity index (χ1) is 17.4. The highest BCUT2D eigenvalue weighted by Gasteiger charge is 2.52. The molecule has 4 atom stereocenters. The summed E-state index contributed by atoms with van der Waals surface area (Å²) >= 11 is 0. The third-order valence-corrected chi connectivity index (χ3v) is 5.60. The van der Waals surface area contributed by atoms with E-state index in [4.69, 9.17) is 9.47 Å². The topological polar surface area (TPSA) is 211 Å². The second kappa shape index (κ2) is 11.0. The van der Waals surface area contributed by atoms with Crippen LogP contribution < -0.4 is 0 Å². The smallest absolute Gasteiger partial charge is 0.335 e. The van der Waals surface area contributed by atoms with Crippen LogP contribution in [-0.2, 0) is 23.9 Å². The predicted molar refractivity (Wildman–Crippen MR) is 125 cm³/mol. The van der Waals surface area contributed by atoms with E-state index in [-0.39, 0.29) is 11.5 Å². The van der Waals surface area contributed by atoms with Crippen LogP contribution in [-0.4, -0.2) is 77.6 Å². The van der Waals surface area contributed by atoms with E-state index < -0.39 is 66.2 Å². The monoisotopic (exact) mass is 516 g/mol. The quantitative estimate of drug-likeness (QED) is 0.156. The van der Waals surface area contributed by atoms with E-state index in [0.29, 0.717) is 11.1 Å². The summed E-state index contributed by atoms with van der Waals surface area (Å²) in [4.78, 5) is 36.2. The van der Waals surface area contributed by atoms with E-state index >= 15 is 0 Å². The maximum atomic E-state index is 12.3. The highest BCUT2D eigenvalue weighted by atomic mass is 16.6. The summed E-state index contributed by atoms with van der Waals surface area (Å²) in [6.07, 6.45) is -1.86. The number of rotatable bonds is 7. The van der Waals surface area contributed by atoms with E-state index in [1.165, 1.54) is 48.6 Å². The minimum Gasteiger partial charge on any atom is -0.504 e. The number of hydrogen-bond acceptors (Lipinski definition) is 11. The number of hydrogen-bond donors (Lipinski definition) is 7. The van der Waals surface area contributed by atoms with Crippen molar-refractivity contribution in [2.45, 2.75) is 36.8 Å². The van der Waals surface area contributed by atoms with Gasteiger partial charge >= 0.3 is 17.9 Å². The van der Waals surface area contributed by atoms with Crippen LogP contribution in [0.2, 0.25) is 0 Å². The molecule has 0 radical (unpaired) electrons. The molecule has 37 heavy (non-hydrogen) atoms. The van der Waals surface area contributed by atoms with Gasteiger partial charge in [-0.05, 0) is 47.5 Å². The summed E-state index contributed by atoms with van der Waals surface area (Å²) in [5.41, 5.74) is -1.84. The molecule has 12 heteroatoms. The number of carboxylic acid groups (broad SMARTS) is 1. The van der Waals surface area contributed by atoms with Crippen molar-refractivity contribution in [3.8, 4) is 23.0 Å². The average Bonchev–Trinajstić information content (AvgIpc) is 2.83. The number of aliphatic hydroxyl groups excluding tert-OH is 1. The van der Waals surface area contributed by atoms with Crippen LogP contribution in [0.5, 0.6) is 23.0 Å². The van der Waals surface area contributed by atoms with Crippen molar-refractivity contribution < 1.29 is 59.6 Å². The number of aliphatic carboxylic acids is 1. The van der Waals surface area contributed by atoms with Crippen molar-refractivity contribution in [3.05, 3.63) is 59.7 Å². The number of aliphatic hydroxyl groups is 2. The Morgan fingerprint density at radius 3 is 1.51 bits per heavy atom. The molecule has 12 nitrogen and oxygen atoms in total. The fourth-order valence-corrected chi connectivity index (χ4v) is 3.62. The Morgan fingerprint density at radius 1 is 0.757 bits per heavy atom. The molecule has 2 aromatic carbocycles. The summed E-state index contributed by atoms with van der Waals surface area (Å²) in [6.45, 7) is 0. The second-order valence-electron chi connectivity index (χ2n) is 8.35. The van der Waals surface area contributed by atoms with E-state index in [0.717, 1.165) is 12.2 Å². The summed E-state index contributed by atoms with van der Waals surface area (Å²) in [6, 6.07) is 7.49. The molecule has 0 bridgehead atoms. The van der Waals surface area contributed by atoms with Gasteiger partial charge in [0.1, 0.15) is 18.3 Å². The Kier molecular flexibility index (Phi) is 8.05. The molecule has 1 saturated carbocycles. The van der Waals surface area contributed by atoms with Crippen molar-refractivity contribution in [2.75, 3.05) is 0 Å². The Hall–Kier alpha value is -4.55. The van der Waals surface area contributed by atoms with Gasteiger partial charge in [0, 0.05) is 25.0 Å². The number of ether oxygens (including phenoxy) is 2. The molecule has 196 valence electrons. The number of esters is 2. The Labute approximate surface area is 209 Å². The zero-order valence-electron chi connectivity index (χ0n) is 19.1. The molecule has 2 unspecified atom stereocenters. The standard InChI is InChI=1S/C25H24O12/c26-15-5-1-13(9-17(15)28)3-7-21(30)36-19-11-25(35,24(33)34)12-20(23(19)32)37-22(31)8-4-14-2-6-16(27)18(29)10-14/h1-10,19-20,23,26-29,32,35H,11-12H2,(H,33,34)/b7-3+,8-4+/t19-,20+,23?,25?. The fourth-order valence-electron chi connectivity index (χ4n) is 3.62. The zero-order valence-corrected chi connectivity index (χ0v) is 19.1.